The van der Waals surface area contributed by atoms with Gasteiger partial charge in [0.25, 0.3) is 5.56 Å². The number of phenols is 1. The Kier molecular flexibility index (Phi) is 10.4. The molecular formula is C18H22I3N6O3V. The standard InChI is InChI=1S/C18H22N6O3.3HI.V/c1-9-6-12(4-5-13(9)25)10(2)11(3)21-14(26)7-24-8-20-15-16(24)22-18(19)23-17(15)27;;;;/h4-6,8,10-11,25H,7H2,1-3H3,(H,21,26)(H3,19,22,23,27);3*1H;/q;;;;+3/p-3. The van der Waals surface area contributed by atoms with Crippen molar-refractivity contribution in [1.82, 2.24) is 24.8 Å². The Bertz CT molecular complexity index is 1120. The number of fused-ring (bicyclic) bond motifs is 1. The molecule has 0 spiro atoms. The normalized spacial score (nSPS) is 12.9. The number of aromatic amines is 1. The zero-order chi connectivity index (χ0) is 23.3. The van der Waals surface area contributed by atoms with Crippen molar-refractivity contribution < 1.29 is 14.8 Å². The van der Waals surface area contributed by atoms with Gasteiger partial charge in [0.15, 0.2) is 11.2 Å². The van der Waals surface area contributed by atoms with Crippen LogP contribution in [0.1, 0.15) is 30.9 Å². The van der Waals surface area contributed by atoms with Crippen LogP contribution in [0.2, 0.25) is 0 Å². The van der Waals surface area contributed by atoms with Crippen LogP contribution in [0.3, 0.4) is 0 Å². The molecule has 3 aromatic rings. The summed E-state index contributed by atoms with van der Waals surface area (Å²) in [6, 6.07) is 5.27. The van der Waals surface area contributed by atoms with Crippen LogP contribution in [0.25, 0.3) is 11.2 Å². The molecule has 2 aromatic heterocycles. The molecule has 2 atom stereocenters. The molecule has 9 nitrogen and oxygen atoms in total. The second-order valence-electron chi connectivity index (χ2n) is 6.88. The fourth-order valence-electron chi connectivity index (χ4n) is 2.92. The quantitative estimate of drug-likeness (QED) is 0.291. The number of nitrogens with two attached hydrogens (primary N) is 1. The van der Waals surface area contributed by atoms with E-state index in [1.54, 1.807) is 6.07 Å². The maximum absolute atomic E-state index is 12.4. The summed E-state index contributed by atoms with van der Waals surface area (Å²) in [7, 11) is 0. The summed E-state index contributed by atoms with van der Waals surface area (Å²) >= 11 is 7.39. The maximum atomic E-state index is 12.4. The minimum absolute atomic E-state index is 0.0284. The van der Waals surface area contributed by atoms with E-state index in [2.05, 4.69) is 80.2 Å². The minimum atomic E-state index is -0.443. The van der Waals surface area contributed by atoms with Gasteiger partial charge in [-0.3, -0.25) is 14.6 Å². The van der Waals surface area contributed by atoms with Gasteiger partial charge in [-0.1, -0.05) is 19.1 Å². The number of nitrogens with zero attached hydrogens (tertiary/aromatic N) is 3. The molecule has 0 saturated carbocycles. The number of nitrogen functional groups attached to an aromatic ring is 1. The number of aromatic nitrogens is 4. The van der Waals surface area contributed by atoms with E-state index in [-0.39, 0.29) is 52.2 Å². The number of rotatable bonds is 5. The summed E-state index contributed by atoms with van der Waals surface area (Å²) in [5.74, 6) is 0.0323. The van der Waals surface area contributed by atoms with Crippen molar-refractivity contribution in [3.63, 3.8) is 0 Å². The number of phenolic OH excluding ortho intramolecular Hbond substituents is 1. The molecule has 0 bridgehead atoms. The van der Waals surface area contributed by atoms with Crippen molar-refractivity contribution in [3.05, 3.63) is 46.0 Å². The van der Waals surface area contributed by atoms with Gasteiger partial charge in [-0.15, -0.1) is 0 Å². The average Bonchev–Trinajstić information content (AvgIpc) is 3.05. The number of carbonyl (C=O) groups excluding carboxylic acids is 1. The van der Waals surface area contributed by atoms with Gasteiger partial charge in [0.2, 0.25) is 11.9 Å². The molecule has 0 fully saturated rings. The second-order valence-corrected chi connectivity index (χ2v) is 42.2. The van der Waals surface area contributed by atoms with Gasteiger partial charge >= 0.3 is 64.9 Å². The van der Waals surface area contributed by atoms with E-state index in [0.29, 0.717) is 0 Å². The molecule has 13 heteroatoms. The van der Waals surface area contributed by atoms with Crippen LogP contribution in [0.15, 0.2) is 29.3 Å². The number of benzene rings is 1. The number of halogens is 3. The van der Waals surface area contributed by atoms with E-state index >= 15 is 0 Å². The van der Waals surface area contributed by atoms with Crippen LogP contribution in [-0.4, -0.2) is 36.6 Å². The van der Waals surface area contributed by atoms with Crippen molar-refractivity contribution >= 4 is 83.0 Å². The first-order valence-electron chi connectivity index (χ1n) is 9.06. The summed E-state index contributed by atoms with van der Waals surface area (Å²) in [5, 5.41) is 12.6. The summed E-state index contributed by atoms with van der Waals surface area (Å²) in [5.41, 5.74) is 7.33. The van der Waals surface area contributed by atoms with Crippen molar-refractivity contribution in [2.45, 2.75) is 39.3 Å². The number of H-pyrrole nitrogens is 1. The molecule has 5 N–H and O–H groups in total. The van der Waals surface area contributed by atoms with Crippen LogP contribution in [0.4, 0.5) is 5.95 Å². The van der Waals surface area contributed by atoms with Gasteiger partial charge in [0.05, 0.1) is 6.33 Å². The number of hydrogen-bond donors (Lipinski definition) is 4. The van der Waals surface area contributed by atoms with Gasteiger partial charge in [0, 0.05) is 12.0 Å². The molecule has 0 radical (unpaired) electrons. The number of amides is 1. The third-order valence-corrected chi connectivity index (χ3v) is 4.69. The molecule has 0 aliphatic heterocycles. The Balaban J connectivity index is 0.000000785. The number of nitrogens with one attached hydrogen (secondary N) is 2. The van der Waals surface area contributed by atoms with E-state index in [4.69, 9.17) is 5.73 Å². The van der Waals surface area contributed by atoms with Crippen molar-refractivity contribution in [1.29, 1.82) is 0 Å². The van der Waals surface area contributed by atoms with Crippen LogP contribution in [0, 0.1) is 6.92 Å². The van der Waals surface area contributed by atoms with E-state index in [0.717, 1.165) is 11.1 Å². The van der Waals surface area contributed by atoms with E-state index in [1.165, 1.54) is 10.9 Å². The molecule has 3 rings (SSSR count). The Labute approximate surface area is 217 Å². The number of aromatic hydroxyl groups is 1. The van der Waals surface area contributed by atoms with E-state index in [9.17, 15) is 14.7 Å². The third-order valence-electron chi connectivity index (χ3n) is 4.69. The predicted octanol–water partition coefficient (Wildman–Crippen LogP) is 3.68. The molecule has 1 amide bonds. The third kappa shape index (κ3) is 7.75. The first-order valence-corrected chi connectivity index (χ1v) is 22.6. The predicted molar refractivity (Wildman–Crippen MR) is 143 cm³/mol. The molecule has 31 heavy (non-hydrogen) atoms. The topological polar surface area (TPSA) is 139 Å². The molecule has 0 aliphatic carbocycles. The van der Waals surface area contributed by atoms with E-state index in [1.807, 2.05) is 32.9 Å². The monoisotopic (exact) mass is 802 g/mol. The average molecular weight is 802 g/mol. The number of anilines is 1. The van der Waals surface area contributed by atoms with Crippen molar-refractivity contribution in [2.24, 2.45) is 0 Å². The van der Waals surface area contributed by atoms with Crippen LogP contribution in [0.5, 0.6) is 5.75 Å². The zero-order valence-corrected chi connectivity index (χ0v) is 24.8. The van der Waals surface area contributed by atoms with Crippen LogP contribution >= 0.6 is 59.9 Å². The number of aryl methyl sites for hydroxylation is 1. The Morgan fingerprint density at radius 1 is 1.35 bits per heavy atom. The van der Waals surface area contributed by atoms with Gasteiger partial charge in [-0.25, -0.2) is 4.98 Å². The van der Waals surface area contributed by atoms with Gasteiger partial charge < -0.3 is 20.7 Å². The summed E-state index contributed by atoms with van der Waals surface area (Å²) < 4.78 is 1.48. The Hall–Kier alpha value is -0.586. The molecule has 168 valence electrons. The first kappa shape index (κ1) is 26.7. The molecule has 0 saturated heterocycles. The Morgan fingerprint density at radius 3 is 2.61 bits per heavy atom. The van der Waals surface area contributed by atoms with Crippen LogP contribution in [-0.2, 0) is 16.3 Å². The Morgan fingerprint density at radius 2 is 2.00 bits per heavy atom. The van der Waals surface area contributed by atoms with Gasteiger partial charge in [0.1, 0.15) is 12.3 Å². The molecule has 2 heterocycles. The molecular weight excluding hydrogens is 780 g/mol. The fourth-order valence-corrected chi connectivity index (χ4v) is 2.92. The fraction of sp³-hybridized carbons (Fsp3) is 0.333. The SMILES string of the molecule is Cc1cc(C(C)C(C)NC(=O)Cn2cnc3c(=O)[nH]c(N)nc32)ccc1O.[I][V]([I])[I]. The first-order chi connectivity index (χ1) is 14.5. The van der Waals surface area contributed by atoms with Gasteiger partial charge in [-0.05, 0) is 31.0 Å². The van der Waals surface area contributed by atoms with Crippen molar-refractivity contribution in [2.75, 3.05) is 5.73 Å². The number of imidazole rings is 1. The molecule has 0 aliphatic rings. The molecule has 1 aromatic carbocycles. The van der Waals surface area contributed by atoms with Crippen LogP contribution < -0.4 is 16.6 Å². The summed E-state index contributed by atoms with van der Waals surface area (Å²) in [6.45, 7) is 5.72. The zero-order valence-electron chi connectivity index (χ0n) is 16.9. The number of carbonyl (C=O) groups is 1. The summed E-state index contributed by atoms with van der Waals surface area (Å²) in [4.78, 5) is 34.4. The number of hydrogen-bond acceptors (Lipinski definition) is 6. The van der Waals surface area contributed by atoms with Gasteiger partial charge in [-0.2, -0.15) is 4.98 Å². The van der Waals surface area contributed by atoms with Crippen molar-refractivity contribution in [3.8, 4) is 5.75 Å². The summed E-state index contributed by atoms with van der Waals surface area (Å²) in [6.07, 6.45) is 1.39. The second kappa shape index (κ2) is 12.0. The molecule has 2 unspecified atom stereocenters. The van der Waals surface area contributed by atoms with E-state index < -0.39 is 5.56 Å².